The van der Waals surface area contributed by atoms with Crippen LogP contribution in [0.25, 0.3) is 16.8 Å². The average Bonchev–Trinajstić information content (AvgIpc) is 3.40. The Bertz CT molecular complexity index is 1320. The molecule has 4 heterocycles. The number of carbonyl (C=O) groups is 1. The van der Waals surface area contributed by atoms with Gasteiger partial charge in [-0.1, -0.05) is 6.92 Å². The van der Waals surface area contributed by atoms with Gasteiger partial charge in [-0.3, -0.25) is 9.48 Å². The van der Waals surface area contributed by atoms with Crippen LogP contribution in [0.5, 0.6) is 0 Å². The van der Waals surface area contributed by atoms with Crippen LogP contribution in [-0.2, 0) is 12.6 Å². The Morgan fingerprint density at radius 2 is 1.84 bits per heavy atom. The number of rotatable bonds is 3. The summed E-state index contributed by atoms with van der Waals surface area (Å²) in [5.74, 6) is -0.295. The van der Waals surface area contributed by atoms with Crippen molar-refractivity contribution >= 4 is 17.2 Å². The molecule has 0 bridgehead atoms. The first-order valence-corrected chi connectivity index (χ1v) is 10.3. The molecule has 1 aromatic carbocycles. The molecule has 0 radical (unpaired) electrons. The van der Waals surface area contributed by atoms with E-state index in [1.807, 2.05) is 42.8 Å². The van der Waals surface area contributed by atoms with E-state index >= 15 is 0 Å². The summed E-state index contributed by atoms with van der Waals surface area (Å²) in [6, 6.07) is 8.33. The number of alkyl halides is 3. The van der Waals surface area contributed by atoms with Crippen LogP contribution in [0.4, 0.5) is 18.9 Å². The molecule has 1 aliphatic heterocycles. The van der Waals surface area contributed by atoms with Crippen molar-refractivity contribution in [1.29, 1.82) is 0 Å². The summed E-state index contributed by atoms with van der Waals surface area (Å²) in [4.78, 5) is 19.4. The molecule has 0 N–H and O–H groups in total. The van der Waals surface area contributed by atoms with Crippen molar-refractivity contribution in [1.82, 2.24) is 19.2 Å². The highest BCUT2D eigenvalue weighted by Crippen LogP contribution is 2.35. The monoisotopic (exact) mass is 439 g/mol. The predicted molar refractivity (Wildman–Crippen MR) is 114 cm³/mol. The number of pyridine rings is 1. The van der Waals surface area contributed by atoms with E-state index in [1.54, 1.807) is 10.9 Å². The molecule has 0 saturated carbocycles. The van der Waals surface area contributed by atoms with Gasteiger partial charge in [0, 0.05) is 41.4 Å². The second-order valence-electron chi connectivity index (χ2n) is 7.91. The highest BCUT2D eigenvalue weighted by atomic mass is 19.4. The predicted octanol–water partition coefficient (Wildman–Crippen LogP) is 5.00. The third-order valence-corrected chi connectivity index (χ3v) is 5.87. The fourth-order valence-corrected chi connectivity index (χ4v) is 4.18. The van der Waals surface area contributed by atoms with Crippen LogP contribution < -0.4 is 4.90 Å². The van der Waals surface area contributed by atoms with Gasteiger partial charge in [0.2, 0.25) is 0 Å². The summed E-state index contributed by atoms with van der Waals surface area (Å²) in [6.07, 6.45) is 1.82. The van der Waals surface area contributed by atoms with Gasteiger partial charge in [0.05, 0.1) is 17.8 Å². The Morgan fingerprint density at radius 1 is 1.09 bits per heavy atom. The first-order valence-electron chi connectivity index (χ1n) is 10.3. The minimum atomic E-state index is -4.42. The summed E-state index contributed by atoms with van der Waals surface area (Å²) in [7, 11) is 0. The molecule has 0 saturated heterocycles. The lowest BCUT2D eigenvalue weighted by molar-refractivity contribution is -0.137. The number of aryl methyl sites for hydroxylation is 1. The lowest BCUT2D eigenvalue weighted by atomic mass is 10.0. The van der Waals surface area contributed by atoms with E-state index in [9.17, 15) is 18.0 Å². The van der Waals surface area contributed by atoms with Crippen LogP contribution in [0.1, 0.15) is 41.6 Å². The van der Waals surface area contributed by atoms with Crippen LogP contribution in [-0.4, -0.2) is 31.6 Å². The molecule has 0 fully saturated rings. The topological polar surface area (TPSA) is 55.4 Å². The Balaban J connectivity index is 1.56. The van der Waals surface area contributed by atoms with Gasteiger partial charge in [-0.25, -0.2) is 4.98 Å². The van der Waals surface area contributed by atoms with Crippen LogP contribution >= 0.6 is 0 Å². The summed E-state index contributed by atoms with van der Waals surface area (Å²) in [6.45, 7) is 4.29. The SMILES string of the molecule is CCc1cnc2ccc(-c3cnn4c3C(=O)N(c3ccc(C(F)(F)F)cc3)C[C@@H]4C)cn12. The second kappa shape index (κ2) is 7.22. The second-order valence-corrected chi connectivity index (χ2v) is 7.91. The summed E-state index contributed by atoms with van der Waals surface area (Å²) >= 11 is 0. The molecule has 3 aromatic heterocycles. The van der Waals surface area contributed by atoms with Gasteiger partial charge < -0.3 is 9.30 Å². The van der Waals surface area contributed by atoms with Crippen LogP contribution in [0.2, 0.25) is 0 Å². The third-order valence-electron chi connectivity index (χ3n) is 5.87. The summed E-state index contributed by atoms with van der Waals surface area (Å²) in [5.41, 5.74) is 3.46. The lowest BCUT2D eigenvalue weighted by Crippen LogP contribution is -2.42. The zero-order valence-electron chi connectivity index (χ0n) is 17.5. The first kappa shape index (κ1) is 20.3. The average molecular weight is 439 g/mol. The molecule has 164 valence electrons. The quantitative estimate of drug-likeness (QED) is 0.451. The van der Waals surface area contributed by atoms with Gasteiger partial charge in [0.25, 0.3) is 5.91 Å². The normalized spacial score (nSPS) is 16.6. The largest absolute Gasteiger partial charge is 0.416 e. The third kappa shape index (κ3) is 3.16. The van der Waals surface area contributed by atoms with E-state index in [2.05, 4.69) is 10.1 Å². The van der Waals surface area contributed by atoms with E-state index in [1.165, 1.54) is 17.0 Å². The van der Waals surface area contributed by atoms with Gasteiger partial charge in [0.15, 0.2) is 0 Å². The zero-order valence-corrected chi connectivity index (χ0v) is 17.5. The number of benzene rings is 1. The van der Waals surface area contributed by atoms with Crippen molar-refractivity contribution < 1.29 is 18.0 Å². The Morgan fingerprint density at radius 3 is 2.53 bits per heavy atom. The van der Waals surface area contributed by atoms with E-state index in [0.717, 1.165) is 35.5 Å². The van der Waals surface area contributed by atoms with Crippen molar-refractivity contribution in [3.05, 3.63) is 71.9 Å². The van der Waals surface area contributed by atoms with Crippen LogP contribution in [0, 0.1) is 0 Å². The number of anilines is 1. The van der Waals surface area contributed by atoms with Crippen molar-refractivity contribution in [2.75, 3.05) is 11.4 Å². The summed E-state index contributed by atoms with van der Waals surface area (Å²) < 4.78 is 42.5. The Labute approximate surface area is 181 Å². The standard InChI is InChI=1S/C23H20F3N5O/c1-3-17-10-27-20-9-4-15(13-29(17)20)19-11-28-31-14(2)12-30(22(32)21(19)31)18-7-5-16(6-8-18)23(24,25)26/h4-11,13-14H,3,12H2,1-2H3/t14-/m0/s1. The lowest BCUT2D eigenvalue weighted by Gasteiger charge is -2.32. The molecular weight excluding hydrogens is 419 g/mol. The van der Waals surface area contributed by atoms with Gasteiger partial charge in [-0.15, -0.1) is 0 Å². The van der Waals surface area contributed by atoms with Crippen molar-refractivity contribution in [3.63, 3.8) is 0 Å². The van der Waals surface area contributed by atoms with E-state index in [-0.39, 0.29) is 11.9 Å². The van der Waals surface area contributed by atoms with Gasteiger partial charge >= 0.3 is 6.18 Å². The van der Waals surface area contributed by atoms with E-state index in [4.69, 9.17) is 0 Å². The zero-order chi connectivity index (χ0) is 22.6. The summed E-state index contributed by atoms with van der Waals surface area (Å²) in [5, 5.41) is 4.44. The molecule has 0 spiro atoms. The number of fused-ring (bicyclic) bond motifs is 2. The molecule has 0 aliphatic carbocycles. The van der Waals surface area contributed by atoms with Crippen molar-refractivity contribution in [2.45, 2.75) is 32.5 Å². The van der Waals surface area contributed by atoms with Crippen LogP contribution in [0.15, 0.2) is 55.0 Å². The minimum absolute atomic E-state index is 0.137. The van der Waals surface area contributed by atoms with E-state index < -0.39 is 11.7 Å². The van der Waals surface area contributed by atoms with Crippen molar-refractivity contribution in [3.8, 4) is 11.1 Å². The maximum atomic E-state index is 13.5. The molecule has 0 unspecified atom stereocenters. The highest BCUT2D eigenvalue weighted by Gasteiger charge is 2.35. The molecule has 1 aliphatic rings. The highest BCUT2D eigenvalue weighted by molar-refractivity contribution is 6.09. The Hall–Kier alpha value is -3.62. The Kier molecular flexibility index (Phi) is 4.58. The van der Waals surface area contributed by atoms with Gasteiger partial charge in [-0.2, -0.15) is 18.3 Å². The number of nitrogens with zero attached hydrogens (tertiary/aromatic N) is 5. The number of hydrogen-bond donors (Lipinski definition) is 0. The number of imidazole rings is 1. The minimum Gasteiger partial charge on any atom is -0.305 e. The van der Waals surface area contributed by atoms with Gasteiger partial charge in [-0.05, 0) is 49.7 Å². The van der Waals surface area contributed by atoms with E-state index in [0.29, 0.717) is 23.5 Å². The number of halogens is 3. The molecular formula is C23H20F3N5O. The number of amides is 1. The maximum Gasteiger partial charge on any atom is 0.416 e. The molecule has 1 atom stereocenters. The van der Waals surface area contributed by atoms with Crippen molar-refractivity contribution in [2.24, 2.45) is 0 Å². The number of hydrogen-bond acceptors (Lipinski definition) is 3. The fraction of sp³-hybridized carbons (Fsp3) is 0.261. The number of aromatic nitrogens is 4. The smallest absolute Gasteiger partial charge is 0.305 e. The maximum absolute atomic E-state index is 13.5. The first-order chi connectivity index (χ1) is 15.3. The molecule has 4 aromatic rings. The fourth-order valence-electron chi connectivity index (χ4n) is 4.18. The molecule has 1 amide bonds. The molecule has 6 nitrogen and oxygen atoms in total. The number of carbonyl (C=O) groups excluding carboxylic acids is 1. The van der Waals surface area contributed by atoms with Gasteiger partial charge in [0.1, 0.15) is 11.3 Å². The molecule has 5 rings (SSSR count). The molecule has 32 heavy (non-hydrogen) atoms. The van der Waals surface area contributed by atoms with Crippen LogP contribution in [0.3, 0.4) is 0 Å². The molecule has 9 heteroatoms.